The number of nitrogens with one attached hydrogen (secondary N) is 1. The first kappa shape index (κ1) is 12.2. The first-order valence-electron chi connectivity index (χ1n) is 5.67. The van der Waals surface area contributed by atoms with Gasteiger partial charge in [-0.25, -0.2) is 0 Å². The lowest BCUT2D eigenvalue weighted by atomic mass is 10.0. The summed E-state index contributed by atoms with van der Waals surface area (Å²) < 4.78 is 0. The first-order chi connectivity index (χ1) is 7.22. The molecule has 84 valence electrons. The summed E-state index contributed by atoms with van der Waals surface area (Å²) in [7, 11) is 0. The highest BCUT2D eigenvalue weighted by atomic mass is 16.3. The highest BCUT2D eigenvalue weighted by Crippen LogP contribution is 2.05. The quantitative estimate of drug-likeness (QED) is 0.747. The van der Waals surface area contributed by atoms with Gasteiger partial charge in [-0.15, -0.1) is 0 Å². The molecule has 0 bridgehead atoms. The molecule has 0 radical (unpaired) electrons. The van der Waals surface area contributed by atoms with Gasteiger partial charge < -0.3 is 10.4 Å². The van der Waals surface area contributed by atoms with Crippen LogP contribution in [0.4, 0.5) is 0 Å². The number of aliphatic hydroxyl groups excluding tert-OH is 1. The standard InChI is InChI=1S/C13H21NO/c1-3-13(14-10-11(2)15)9-12-7-5-4-6-8-12/h4-8,11,13-15H,3,9-10H2,1-2H3/t11-,13?/m0/s1. The van der Waals surface area contributed by atoms with Crippen LogP contribution < -0.4 is 5.32 Å². The maximum atomic E-state index is 9.20. The van der Waals surface area contributed by atoms with Crippen molar-refractivity contribution in [3.63, 3.8) is 0 Å². The topological polar surface area (TPSA) is 32.3 Å². The van der Waals surface area contributed by atoms with E-state index in [9.17, 15) is 5.11 Å². The summed E-state index contributed by atoms with van der Waals surface area (Å²) in [6, 6.07) is 10.9. The lowest BCUT2D eigenvalue weighted by Crippen LogP contribution is -2.35. The fraction of sp³-hybridized carbons (Fsp3) is 0.538. The van der Waals surface area contributed by atoms with Crippen molar-refractivity contribution in [2.24, 2.45) is 0 Å². The van der Waals surface area contributed by atoms with Crippen molar-refractivity contribution < 1.29 is 5.11 Å². The van der Waals surface area contributed by atoms with Crippen LogP contribution in [0.5, 0.6) is 0 Å². The third kappa shape index (κ3) is 4.96. The summed E-state index contributed by atoms with van der Waals surface area (Å²) in [6.45, 7) is 4.65. The zero-order valence-corrected chi connectivity index (χ0v) is 9.61. The van der Waals surface area contributed by atoms with Gasteiger partial charge in [0.1, 0.15) is 0 Å². The molecule has 15 heavy (non-hydrogen) atoms. The lowest BCUT2D eigenvalue weighted by Gasteiger charge is -2.18. The highest BCUT2D eigenvalue weighted by molar-refractivity contribution is 5.15. The minimum atomic E-state index is -0.269. The number of hydrogen-bond acceptors (Lipinski definition) is 2. The monoisotopic (exact) mass is 207 g/mol. The SMILES string of the molecule is CCC(Cc1ccccc1)NC[C@H](C)O. The van der Waals surface area contributed by atoms with Crippen LogP contribution in [0.3, 0.4) is 0 Å². The van der Waals surface area contributed by atoms with Gasteiger partial charge in [0.05, 0.1) is 6.10 Å². The lowest BCUT2D eigenvalue weighted by molar-refractivity contribution is 0.185. The van der Waals surface area contributed by atoms with E-state index in [1.54, 1.807) is 0 Å². The molecule has 1 rings (SSSR count). The average Bonchev–Trinajstić information content (AvgIpc) is 2.25. The Labute approximate surface area is 92.3 Å². The molecular formula is C13H21NO. The molecule has 0 saturated carbocycles. The molecule has 0 spiro atoms. The number of hydrogen-bond donors (Lipinski definition) is 2. The van der Waals surface area contributed by atoms with Crippen molar-refractivity contribution in [2.75, 3.05) is 6.54 Å². The number of rotatable bonds is 6. The second-order valence-electron chi connectivity index (χ2n) is 4.05. The van der Waals surface area contributed by atoms with E-state index in [0.29, 0.717) is 12.6 Å². The smallest absolute Gasteiger partial charge is 0.0636 e. The molecule has 0 amide bonds. The molecule has 2 N–H and O–H groups in total. The summed E-state index contributed by atoms with van der Waals surface area (Å²) in [4.78, 5) is 0. The van der Waals surface area contributed by atoms with Crippen LogP contribution in [0, 0.1) is 0 Å². The van der Waals surface area contributed by atoms with Crippen LogP contribution in [0.15, 0.2) is 30.3 Å². The zero-order valence-electron chi connectivity index (χ0n) is 9.61. The molecule has 2 atom stereocenters. The van der Waals surface area contributed by atoms with Crippen molar-refractivity contribution in [3.05, 3.63) is 35.9 Å². The second kappa shape index (κ2) is 6.59. The van der Waals surface area contributed by atoms with Crippen LogP contribution in [0.2, 0.25) is 0 Å². The Hall–Kier alpha value is -0.860. The van der Waals surface area contributed by atoms with Gasteiger partial charge in [0, 0.05) is 12.6 Å². The van der Waals surface area contributed by atoms with Gasteiger partial charge in [0.15, 0.2) is 0 Å². The minimum absolute atomic E-state index is 0.269. The summed E-state index contributed by atoms with van der Waals surface area (Å²) in [5.41, 5.74) is 1.35. The van der Waals surface area contributed by atoms with Crippen molar-refractivity contribution >= 4 is 0 Å². The van der Waals surface area contributed by atoms with E-state index in [1.807, 2.05) is 13.0 Å². The molecule has 1 unspecified atom stereocenters. The van der Waals surface area contributed by atoms with Gasteiger partial charge in [-0.1, -0.05) is 37.3 Å². The van der Waals surface area contributed by atoms with E-state index in [-0.39, 0.29) is 6.10 Å². The maximum Gasteiger partial charge on any atom is 0.0636 e. The maximum absolute atomic E-state index is 9.20. The Kier molecular flexibility index (Phi) is 5.37. The summed E-state index contributed by atoms with van der Waals surface area (Å²) in [5.74, 6) is 0. The molecule has 2 nitrogen and oxygen atoms in total. The molecular weight excluding hydrogens is 186 g/mol. The Morgan fingerprint density at radius 3 is 2.47 bits per heavy atom. The molecule has 0 aliphatic carbocycles. The van der Waals surface area contributed by atoms with Gasteiger partial charge in [0.2, 0.25) is 0 Å². The molecule has 0 saturated heterocycles. The van der Waals surface area contributed by atoms with Crippen molar-refractivity contribution in [3.8, 4) is 0 Å². The minimum Gasteiger partial charge on any atom is -0.392 e. The number of benzene rings is 1. The Balaban J connectivity index is 2.40. The van der Waals surface area contributed by atoms with E-state index >= 15 is 0 Å². The molecule has 0 aromatic heterocycles. The van der Waals surface area contributed by atoms with Gasteiger partial charge in [-0.3, -0.25) is 0 Å². The van der Waals surface area contributed by atoms with E-state index in [1.165, 1.54) is 5.56 Å². The van der Waals surface area contributed by atoms with Gasteiger partial charge in [0.25, 0.3) is 0 Å². The molecule has 0 heterocycles. The van der Waals surface area contributed by atoms with E-state index in [2.05, 4.69) is 36.5 Å². The van der Waals surface area contributed by atoms with Gasteiger partial charge >= 0.3 is 0 Å². The second-order valence-corrected chi connectivity index (χ2v) is 4.05. The predicted molar refractivity (Wildman–Crippen MR) is 63.9 cm³/mol. The van der Waals surface area contributed by atoms with E-state index in [4.69, 9.17) is 0 Å². The highest BCUT2D eigenvalue weighted by Gasteiger charge is 2.07. The third-order valence-electron chi connectivity index (χ3n) is 2.52. The van der Waals surface area contributed by atoms with Crippen molar-refractivity contribution in [1.29, 1.82) is 0 Å². The average molecular weight is 207 g/mol. The summed E-state index contributed by atoms with van der Waals surface area (Å²) >= 11 is 0. The zero-order chi connectivity index (χ0) is 11.1. The fourth-order valence-electron chi connectivity index (χ4n) is 1.60. The van der Waals surface area contributed by atoms with Crippen LogP contribution in [-0.2, 0) is 6.42 Å². The van der Waals surface area contributed by atoms with Gasteiger partial charge in [-0.2, -0.15) is 0 Å². The molecule has 1 aromatic rings. The van der Waals surface area contributed by atoms with Crippen LogP contribution >= 0.6 is 0 Å². The molecule has 0 aliphatic rings. The fourth-order valence-corrected chi connectivity index (χ4v) is 1.60. The van der Waals surface area contributed by atoms with Crippen LogP contribution in [0.1, 0.15) is 25.8 Å². The Bertz CT molecular complexity index is 258. The van der Waals surface area contributed by atoms with E-state index < -0.39 is 0 Å². The largest absolute Gasteiger partial charge is 0.392 e. The van der Waals surface area contributed by atoms with Crippen molar-refractivity contribution in [1.82, 2.24) is 5.32 Å². The van der Waals surface area contributed by atoms with E-state index in [0.717, 1.165) is 12.8 Å². The Morgan fingerprint density at radius 1 is 1.27 bits per heavy atom. The summed E-state index contributed by atoms with van der Waals surface area (Å²) in [5, 5.41) is 12.6. The first-order valence-corrected chi connectivity index (χ1v) is 5.67. The normalized spacial score (nSPS) is 14.9. The number of aliphatic hydroxyl groups is 1. The third-order valence-corrected chi connectivity index (χ3v) is 2.52. The molecule has 2 heteroatoms. The van der Waals surface area contributed by atoms with Crippen LogP contribution in [0.25, 0.3) is 0 Å². The molecule has 0 fully saturated rings. The van der Waals surface area contributed by atoms with Gasteiger partial charge in [-0.05, 0) is 25.3 Å². The van der Waals surface area contributed by atoms with Crippen LogP contribution in [-0.4, -0.2) is 23.8 Å². The molecule has 1 aromatic carbocycles. The molecule has 0 aliphatic heterocycles. The summed E-state index contributed by atoms with van der Waals surface area (Å²) in [6.07, 6.45) is 1.85. The predicted octanol–water partition coefficient (Wildman–Crippen LogP) is 1.98. The van der Waals surface area contributed by atoms with Crippen molar-refractivity contribution in [2.45, 2.75) is 38.8 Å². The Morgan fingerprint density at radius 2 is 1.93 bits per heavy atom.